The highest BCUT2D eigenvalue weighted by Crippen LogP contribution is 2.20. The Morgan fingerprint density at radius 3 is 2.44 bits per heavy atom. The number of anilines is 1. The molecule has 7 heteroatoms. The molecule has 34 heavy (non-hydrogen) atoms. The molecule has 0 aliphatic carbocycles. The highest BCUT2D eigenvalue weighted by molar-refractivity contribution is 6.05. The molecule has 0 bridgehead atoms. The fraction of sp³-hybridized carbons (Fsp3) is 0.556. The van der Waals surface area contributed by atoms with Crippen LogP contribution in [0.2, 0.25) is 0 Å². The van der Waals surface area contributed by atoms with Crippen LogP contribution in [0.25, 0.3) is 0 Å². The Labute approximate surface area is 207 Å². The van der Waals surface area contributed by atoms with Crippen LogP contribution in [0.3, 0.4) is 0 Å². The van der Waals surface area contributed by atoms with Gasteiger partial charge in [0.1, 0.15) is 0 Å². The van der Waals surface area contributed by atoms with Gasteiger partial charge >= 0.3 is 0 Å². The molecule has 1 aromatic carbocycles. The summed E-state index contributed by atoms with van der Waals surface area (Å²) >= 11 is 0. The van der Waals surface area contributed by atoms with Crippen LogP contribution < -0.4 is 21.3 Å². The van der Waals surface area contributed by atoms with Crippen molar-refractivity contribution in [3.8, 4) is 0 Å². The monoisotopic (exact) mass is 470 g/mol. The highest BCUT2D eigenvalue weighted by Gasteiger charge is 2.10. The number of nitrogens with zero attached hydrogens (tertiary/aromatic N) is 3. The molecule has 1 heterocycles. The van der Waals surface area contributed by atoms with Gasteiger partial charge in [-0.2, -0.15) is 0 Å². The van der Waals surface area contributed by atoms with Gasteiger partial charge in [0.25, 0.3) is 0 Å². The maximum atomic E-state index is 5.94. The lowest BCUT2D eigenvalue weighted by atomic mass is 10.2. The second-order valence-electron chi connectivity index (χ2n) is 8.32. The third-order valence-electron chi connectivity index (χ3n) is 5.29. The van der Waals surface area contributed by atoms with Crippen LogP contribution in [0.1, 0.15) is 48.0 Å². The molecule has 0 spiro atoms. The fourth-order valence-corrected chi connectivity index (χ4v) is 3.25. The first-order valence-corrected chi connectivity index (χ1v) is 12.5. The van der Waals surface area contributed by atoms with Crippen molar-refractivity contribution in [1.82, 2.24) is 10.6 Å². The lowest BCUT2D eigenvalue weighted by molar-refractivity contribution is 0.122. The summed E-state index contributed by atoms with van der Waals surface area (Å²) in [5.41, 5.74) is 9.85. The van der Waals surface area contributed by atoms with Gasteiger partial charge in [0.15, 0.2) is 0 Å². The average molecular weight is 471 g/mol. The van der Waals surface area contributed by atoms with Crippen LogP contribution in [-0.2, 0) is 4.74 Å². The lowest BCUT2D eigenvalue weighted by Gasteiger charge is -2.28. The van der Waals surface area contributed by atoms with Crippen molar-refractivity contribution in [2.75, 3.05) is 50.8 Å². The molecule has 1 aliphatic heterocycles. The zero-order chi connectivity index (χ0) is 25.2. The van der Waals surface area contributed by atoms with Crippen molar-refractivity contribution >= 4 is 23.0 Å². The van der Waals surface area contributed by atoms with Gasteiger partial charge in [-0.1, -0.05) is 32.1 Å². The second-order valence-corrected chi connectivity index (χ2v) is 8.32. The summed E-state index contributed by atoms with van der Waals surface area (Å²) in [6.45, 7) is 19.1. The standard InChI is InChI=1S/C19H26N4O.C8H20N2/c1-4-5-6-15(2)16(3)21-19(20)22-17-7-9-18(10-8-17)23-11-13-24-14-12-23;1-4-6-9-7-8(3)10-5-2/h4-10H,11-14H2,1-3H3,(H2,20,22);8-10H,4-7H2,1-3H3/b5-4+,15-6+,21-16+;. The van der Waals surface area contributed by atoms with E-state index in [4.69, 9.17) is 10.5 Å². The molecule has 1 saturated heterocycles. The number of hydrogen-bond donors (Lipinski definition) is 3. The molecule has 0 aromatic heterocycles. The minimum atomic E-state index is 0.264. The average Bonchev–Trinajstić information content (AvgIpc) is 2.84. The van der Waals surface area contributed by atoms with E-state index >= 15 is 0 Å². The molecule has 1 aliphatic rings. The summed E-state index contributed by atoms with van der Waals surface area (Å²) in [4.78, 5) is 11.0. The summed E-state index contributed by atoms with van der Waals surface area (Å²) < 4.78 is 5.37. The number of allylic oxidation sites excluding steroid dienone is 4. The topological polar surface area (TPSA) is 87.3 Å². The number of aliphatic imine (C=N–C) groups is 2. The fourth-order valence-electron chi connectivity index (χ4n) is 3.25. The van der Waals surface area contributed by atoms with E-state index < -0.39 is 0 Å². The van der Waals surface area contributed by atoms with Gasteiger partial charge in [-0.05, 0) is 77.0 Å². The predicted molar refractivity (Wildman–Crippen MR) is 149 cm³/mol. The number of nitrogens with one attached hydrogen (secondary N) is 2. The minimum Gasteiger partial charge on any atom is -0.378 e. The third-order valence-corrected chi connectivity index (χ3v) is 5.29. The summed E-state index contributed by atoms with van der Waals surface area (Å²) in [6.07, 6.45) is 7.18. The van der Waals surface area contributed by atoms with Crippen LogP contribution in [-0.4, -0.2) is 63.7 Å². The van der Waals surface area contributed by atoms with Crippen molar-refractivity contribution in [2.45, 2.75) is 54.0 Å². The Bertz CT molecular complexity index is 792. The van der Waals surface area contributed by atoms with E-state index in [-0.39, 0.29) is 5.96 Å². The maximum Gasteiger partial charge on any atom is 0.220 e. The molecule has 1 fully saturated rings. The van der Waals surface area contributed by atoms with Gasteiger partial charge in [-0.15, -0.1) is 0 Å². The Morgan fingerprint density at radius 1 is 1.18 bits per heavy atom. The molecule has 0 saturated carbocycles. The van der Waals surface area contributed by atoms with E-state index in [1.807, 2.05) is 51.1 Å². The number of morpholine rings is 1. The maximum absolute atomic E-state index is 5.94. The summed E-state index contributed by atoms with van der Waals surface area (Å²) in [5.74, 6) is 0.264. The van der Waals surface area contributed by atoms with Crippen LogP contribution in [0.15, 0.2) is 58.1 Å². The first kappa shape index (κ1) is 29.6. The van der Waals surface area contributed by atoms with Gasteiger partial charge < -0.3 is 26.0 Å². The molecular weight excluding hydrogens is 424 g/mol. The van der Waals surface area contributed by atoms with E-state index in [0.29, 0.717) is 6.04 Å². The summed E-state index contributed by atoms with van der Waals surface area (Å²) in [5, 5.41) is 6.70. The molecule has 1 atom stereocenters. The zero-order valence-corrected chi connectivity index (χ0v) is 22.1. The normalized spacial score (nSPS) is 16.4. The number of rotatable bonds is 10. The number of ether oxygens (including phenoxy) is 1. The van der Waals surface area contributed by atoms with Crippen LogP contribution in [0.5, 0.6) is 0 Å². The molecule has 1 aromatic rings. The van der Waals surface area contributed by atoms with Crippen molar-refractivity contribution in [3.05, 3.63) is 48.1 Å². The molecule has 0 amide bonds. The van der Waals surface area contributed by atoms with Gasteiger partial charge in [0.05, 0.1) is 18.9 Å². The van der Waals surface area contributed by atoms with Gasteiger partial charge in [-0.25, -0.2) is 9.98 Å². The highest BCUT2D eigenvalue weighted by atomic mass is 16.5. The quantitative estimate of drug-likeness (QED) is 0.204. The second kappa shape index (κ2) is 17.9. The molecule has 190 valence electrons. The largest absolute Gasteiger partial charge is 0.378 e. The smallest absolute Gasteiger partial charge is 0.220 e. The van der Waals surface area contributed by atoms with E-state index in [9.17, 15) is 0 Å². The molecule has 1 unspecified atom stereocenters. The number of nitrogens with two attached hydrogens (primary N) is 1. The molecule has 7 nitrogen and oxygen atoms in total. The number of likely N-dealkylation sites (N-methyl/N-ethyl adjacent to an activating group) is 1. The van der Waals surface area contributed by atoms with Gasteiger partial charge in [-0.3, -0.25) is 0 Å². The number of guanidine groups is 1. The lowest BCUT2D eigenvalue weighted by Crippen LogP contribution is -2.36. The third kappa shape index (κ3) is 12.7. The first-order chi connectivity index (χ1) is 16.4. The number of benzene rings is 1. The molecular formula is C27H46N6O. The molecule has 0 radical (unpaired) electrons. The first-order valence-electron chi connectivity index (χ1n) is 12.5. The Balaban J connectivity index is 0.000000489. The van der Waals surface area contributed by atoms with Crippen LogP contribution in [0.4, 0.5) is 11.4 Å². The SMILES string of the molecule is C/C=C/C=C(C)/C(C)=N/C(N)=Nc1ccc(N2CCOCC2)cc1.CCCNCC(C)NCC. The van der Waals surface area contributed by atoms with Gasteiger partial charge in [0, 0.05) is 37.1 Å². The van der Waals surface area contributed by atoms with E-state index in [2.05, 4.69) is 58.4 Å². The minimum absolute atomic E-state index is 0.264. The Kier molecular flexibility index (Phi) is 15.6. The van der Waals surface area contributed by atoms with E-state index in [1.165, 1.54) is 12.1 Å². The summed E-state index contributed by atoms with van der Waals surface area (Å²) in [7, 11) is 0. The van der Waals surface area contributed by atoms with Crippen molar-refractivity contribution in [1.29, 1.82) is 0 Å². The van der Waals surface area contributed by atoms with Crippen molar-refractivity contribution in [2.24, 2.45) is 15.7 Å². The molecule has 2 rings (SSSR count). The van der Waals surface area contributed by atoms with E-state index in [0.717, 1.165) is 62.9 Å². The Hall–Kier alpha value is -2.48. The summed E-state index contributed by atoms with van der Waals surface area (Å²) in [6, 6.07) is 8.66. The van der Waals surface area contributed by atoms with Gasteiger partial charge in [0.2, 0.25) is 5.96 Å². The molecule has 4 N–H and O–H groups in total. The zero-order valence-electron chi connectivity index (χ0n) is 22.1. The van der Waals surface area contributed by atoms with Crippen LogP contribution in [0, 0.1) is 0 Å². The van der Waals surface area contributed by atoms with Crippen molar-refractivity contribution in [3.63, 3.8) is 0 Å². The predicted octanol–water partition coefficient (Wildman–Crippen LogP) is 4.44. The van der Waals surface area contributed by atoms with E-state index in [1.54, 1.807) is 0 Å². The van der Waals surface area contributed by atoms with Crippen molar-refractivity contribution < 1.29 is 4.74 Å². The Morgan fingerprint density at radius 2 is 1.85 bits per heavy atom. The number of hydrogen-bond acceptors (Lipinski definition) is 5. The van der Waals surface area contributed by atoms with Crippen LogP contribution >= 0.6 is 0 Å².